The van der Waals surface area contributed by atoms with Crippen LogP contribution in [0.2, 0.25) is 10.0 Å². The molecule has 1 atom stereocenters. The first-order valence-electron chi connectivity index (χ1n) is 6.44. The van der Waals surface area contributed by atoms with E-state index in [9.17, 15) is 9.50 Å². The average molecular weight is 311 g/mol. The maximum absolute atomic E-state index is 13.2. The van der Waals surface area contributed by atoms with Crippen molar-refractivity contribution in [3.05, 3.63) is 69.0 Å². The monoisotopic (exact) mass is 310 g/mol. The summed E-state index contributed by atoms with van der Waals surface area (Å²) in [5, 5.41) is 12.0. The minimum absolute atomic E-state index is 0.274. The van der Waals surface area contributed by atoms with Crippen LogP contribution in [0.15, 0.2) is 36.4 Å². The number of benzene rings is 2. The van der Waals surface area contributed by atoms with Gasteiger partial charge in [0.1, 0.15) is 5.82 Å². The Bertz CT molecular complexity index is 651. The molecule has 0 saturated carbocycles. The van der Waals surface area contributed by atoms with Crippen molar-refractivity contribution in [3.63, 3.8) is 0 Å². The summed E-state index contributed by atoms with van der Waals surface area (Å²) in [7, 11) is 0. The van der Waals surface area contributed by atoms with E-state index in [4.69, 9.17) is 23.2 Å². The van der Waals surface area contributed by atoms with Crippen molar-refractivity contribution in [2.24, 2.45) is 0 Å². The first kappa shape index (κ1) is 13.9. The van der Waals surface area contributed by atoms with Crippen molar-refractivity contribution in [2.75, 3.05) is 0 Å². The van der Waals surface area contributed by atoms with Gasteiger partial charge in [-0.1, -0.05) is 35.3 Å². The molecule has 1 aliphatic carbocycles. The molecule has 1 aliphatic rings. The minimum Gasteiger partial charge on any atom is -0.385 e. The second kappa shape index (κ2) is 5.03. The van der Waals surface area contributed by atoms with Crippen LogP contribution in [0.25, 0.3) is 0 Å². The normalized spacial score (nSPS) is 21.0. The highest BCUT2D eigenvalue weighted by atomic mass is 35.5. The van der Waals surface area contributed by atoms with E-state index < -0.39 is 5.60 Å². The van der Waals surface area contributed by atoms with Crippen LogP contribution in [-0.4, -0.2) is 5.11 Å². The van der Waals surface area contributed by atoms with E-state index in [1.54, 1.807) is 24.3 Å². The summed E-state index contributed by atoms with van der Waals surface area (Å²) in [6.07, 6.45) is 1.54. The molecule has 0 bridgehead atoms. The molecule has 1 nitrogen and oxygen atoms in total. The molecule has 0 saturated heterocycles. The van der Waals surface area contributed by atoms with Crippen LogP contribution >= 0.6 is 23.2 Å². The molecule has 1 unspecified atom stereocenters. The number of hydrogen-bond acceptors (Lipinski definition) is 1. The topological polar surface area (TPSA) is 20.2 Å². The fourth-order valence-corrected chi connectivity index (χ4v) is 3.41. The highest BCUT2D eigenvalue weighted by molar-refractivity contribution is 6.36. The summed E-state index contributed by atoms with van der Waals surface area (Å²) in [6.45, 7) is 0. The highest BCUT2D eigenvalue weighted by Gasteiger charge is 2.37. The Kier molecular flexibility index (Phi) is 3.49. The van der Waals surface area contributed by atoms with E-state index >= 15 is 0 Å². The highest BCUT2D eigenvalue weighted by Crippen LogP contribution is 2.41. The van der Waals surface area contributed by atoms with Gasteiger partial charge in [-0.2, -0.15) is 0 Å². The lowest BCUT2D eigenvalue weighted by molar-refractivity contribution is 0.0390. The van der Waals surface area contributed by atoms with Gasteiger partial charge in [0.15, 0.2) is 0 Å². The van der Waals surface area contributed by atoms with E-state index in [0.29, 0.717) is 29.3 Å². The first-order valence-corrected chi connectivity index (χ1v) is 7.19. The van der Waals surface area contributed by atoms with Gasteiger partial charge in [-0.25, -0.2) is 4.39 Å². The van der Waals surface area contributed by atoms with Crippen LogP contribution in [0, 0.1) is 5.82 Å². The summed E-state index contributed by atoms with van der Waals surface area (Å²) in [4.78, 5) is 0. The molecule has 104 valence electrons. The number of halogens is 3. The molecule has 0 fully saturated rings. The molecule has 0 aromatic heterocycles. The molecule has 4 heteroatoms. The van der Waals surface area contributed by atoms with Crippen LogP contribution in [0.5, 0.6) is 0 Å². The van der Waals surface area contributed by atoms with Crippen LogP contribution in [0.3, 0.4) is 0 Å². The Labute approximate surface area is 127 Å². The second-order valence-electron chi connectivity index (χ2n) is 5.21. The predicted molar refractivity (Wildman–Crippen MR) is 78.8 cm³/mol. The molecule has 0 radical (unpaired) electrons. The van der Waals surface area contributed by atoms with Crippen molar-refractivity contribution < 1.29 is 9.50 Å². The summed E-state index contributed by atoms with van der Waals surface area (Å²) in [5.74, 6) is -0.274. The van der Waals surface area contributed by atoms with Crippen molar-refractivity contribution >= 4 is 23.2 Å². The Hall–Kier alpha value is -1.09. The third-order valence-corrected chi connectivity index (χ3v) is 4.62. The third-order valence-electron chi connectivity index (χ3n) is 3.91. The first-order chi connectivity index (χ1) is 9.49. The van der Waals surface area contributed by atoms with Crippen molar-refractivity contribution in [1.82, 2.24) is 0 Å². The molecular weight excluding hydrogens is 298 g/mol. The summed E-state index contributed by atoms with van der Waals surface area (Å²) < 4.78 is 13.2. The molecule has 3 rings (SSSR count). The van der Waals surface area contributed by atoms with Crippen LogP contribution < -0.4 is 0 Å². The lowest BCUT2D eigenvalue weighted by atomic mass is 9.88. The number of rotatable bonds is 2. The Balaban J connectivity index is 2.00. The van der Waals surface area contributed by atoms with Crippen molar-refractivity contribution in [2.45, 2.75) is 24.9 Å². The van der Waals surface area contributed by atoms with Gasteiger partial charge in [-0.3, -0.25) is 0 Å². The average Bonchev–Trinajstić information content (AvgIpc) is 2.72. The summed E-state index contributed by atoms with van der Waals surface area (Å²) in [5.41, 5.74) is 1.33. The molecule has 20 heavy (non-hydrogen) atoms. The van der Waals surface area contributed by atoms with Crippen LogP contribution in [0.4, 0.5) is 4.39 Å². The lowest BCUT2D eigenvalue weighted by Crippen LogP contribution is -2.25. The number of aryl methyl sites for hydroxylation is 1. The predicted octanol–water partition coefficient (Wildman–Crippen LogP) is 4.51. The SMILES string of the molecule is OC1(Cc2c(Cl)cccc2Cl)CCc2cc(F)ccc21. The largest absolute Gasteiger partial charge is 0.385 e. The van der Waals surface area contributed by atoms with Gasteiger partial charge < -0.3 is 5.11 Å². The smallest absolute Gasteiger partial charge is 0.123 e. The molecular formula is C16H13Cl2FO. The van der Waals surface area contributed by atoms with Gasteiger partial charge in [-0.15, -0.1) is 0 Å². The van der Waals surface area contributed by atoms with Gasteiger partial charge in [0.2, 0.25) is 0 Å². The standard InChI is InChI=1S/C16H13Cl2FO/c17-14-2-1-3-15(18)12(14)9-16(20)7-6-10-8-11(19)4-5-13(10)16/h1-5,8,20H,6-7,9H2. The van der Waals surface area contributed by atoms with Crippen molar-refractivity contribution in [1.29, 1.82) is 0 Å². The summed E-state index contributed by atoms with van der Waals surface area (Å²) >= 11 is 12.3. The molecule has 1 N–H and O–H groups in total. The quantitative estimate of drug-likeness (QED) is 0.865. The zero-order chi connectivity index (χ0) is 14.3. The Morgan fingerprint density at radius 2 is 1.85 bits per heavy atom. The number of hydrogen-bond donors (Lipinski definition) is 1. The van der Waals surface area contributed by atoms with Gasteiger partial charge in [-0.05, 0) is 53.8 Å². The minimum atomic E-state index is -1.03. The van der Waals surface area contributed by atoms with Crippen LogP contribution in [0.1, 0.15) is 23.1 Å². The van der Waals surface area contributed by atoms with Crippen LogP contribution in [-0.2, 0) is 18.4 Å². The number of fused-ring (bicyclic) bond motifs is 1. The van der Waals surface area contributed by atoms with Gasteiger partial charge >= 0.3 is 0 Å². The maximum atomic E-state index is 13.2. The zero-order valence-electron chi connectivity index (χ0n) is 10.7. The Morgan fingerprint density at radius 1 is 1.15 bits per heavy atom. The van der Waals surface area contributed by atoms with E-state index in [1.807, 2.05) is 0 Å². The molecule has 0 heterocycles. The number of aliphatic hydroxyl groups is 1. The molecule has 0 spiro atoms. The van der Waals surface area contributed by atoms with Gasteiger partial charge in [0.25, 0.3) is 0 Å². The van der Waals surface area contributed by atoms with Crippen molar-refractivity contribution in [3.8, 4) is 0 Å². The van der Waals surface area contributed by atoms with E-state index in [-0.39, 0.29) is 5.82 Å². The third kappa shape index (κ3) is 2.32. The van der Waals surface area contributed by atoms with E-state index in [2.05, 4.69) is 0 Å². The summed E-state index contributed by atoms with van der Waals surface area (Å²) in [6, 6.07) is 9.81. The molecule has 2 aromatic rings. The zero-order valence-corrected chi connectivity index (χ0v) is 12.2. The van der Waals surface area contributed by atoms with Gasteiger partial charge in [0.05, 0.1) is 5.60 Å². The maximum Gasteiger partial charge on any atom is 0.123 e. The van der Waals surface area contributed by atoms with E-state index in [1.165, 1.54) is 12.1 Å². The van der Waals surface area contributed by atoms with Gasteiger partial charge in [0, 0.05) is 16.5 Å². The lowest BCUT2D eigenvalue weighted by Gasteiger charge is -2.25. The fourth-order valence-electron chi connectivity index (χ4n) is 2.88. The molecule has 0 aliphatic heterocycles. The Morgan fingerprint density at radius 3 is 2.55 bits per heavy atom. The fraction of sp³-hybridized carbons (Fsp3) is 0.250. The molecule has 2 aromatic carbocycles. The second-order valence-corrected chi connectivity index (χ2v) is 6.02. The van der Waals surface area contributed by atoms with E-state index in [0.717, 1.165) is 16.7 Å². The molecule has 0 amide bonds.